The number of rotatable bonds is 8. The van der Waals surface area contributed by atoms with E-state index in [4.69, 9.17) is 37.4 Å². The average molecular weight is 562 g/mol. The molecule has 0 spiro atoms. The maximum absolute atomic E-state index is 12.9. The second-order valence-electron chi connectivity index (χ2n) is 6.91. The van der Waals surface area contributed by atoms with Gasteiger partial charge in [-0.25, -0.2) is 0 Å². The number of hydrogen-bond donors (Lipinski definition) is 1. The summed E-state index contributed by atoms with van der Waals surface area (Å²) in [6.07, 6.45) is 1.41. The Morgan fingerprint density at radius 3 is 2.38 bits per heavy atom. The molecule has 34 heavy (non-hydrogen) atoms. The third-order valence-electron chi connectivity index (χ3n) is 4.67. The predicted molar refractivity (Wildman–Crippen MR) is 137 cm³/mol. The largest absolute Gasteiger partial charge is 0.495 e. The second kappa shape index (κ2) is 11.8. The summed E-state index contributed by atoms with van der Waals surface area (Å²) in [7, 11) is 2.89. The molecule has 3 aromatic rings. The van der Waals surface area contributed by atoms with Crippen molar-refractivity contribution in [3.8, 4) is 23.3 Å². The van der Waals surface area contributed by atoms with Crippen molar-refractivity contribution in [3.05, 3.63) is 85.8 Å². The number of carbonyl (C=O) groups is 1. The Balaban J connectivity index is 1.87. The maximum atomic E-state index is 12.9. The van der Waals surface area contributed by atoms with Gasteiger partial charge in [0.25, 0.3) is 5.91 Å². The lowest BCUT2D eigenvalue weighted by atomic mass is 10.1. The zero-order valence-corrected chi connectivity index (χ0v) is 21.3. The highest BCUT2D eigenvalue weighted by Crippen LogP contribution is 2.36. The van der Waals surface area contributed by atoms with Crippen LogP contribution in [0.15, 0.2) is 64.6 Å². The molecule has 9 heteroatoms. The van der Waals surface area contributed by atoms with Crippen molar-refractivity contribution in [2.24, 2.45) is 0 Å². The molecule has 6 nitrogen and oxygen atoms in total. The highest BCUT2D eigenvalue weighted by Gasteiger charge is 2.16. The first-order valence-corrected chi connectivity index (χ1v) is 11.4. The minimum absolute atomic E-state index is 0.160. The summed E-state index contributed by atoms with van der Waals surface area (Å²) in [5.41, 5.74) is 1.58. The van der Waals surface area contributed by atoms with Crippen LogP contribution < -0.4 is 19.5 Å². The Morgan fingerprint density at radius 2 is 1.74 bits per heavy atom. The molecule has 0 saturated heterocycles. The van der Waals surface area contributed by atoms with Crippen LogP contribution in [0.4, 0.5) is 5.69 Å². The molecule has 0 aliphatic rings. The topological polar surface area (TPSA) is 80.6 Å². The third-order valence-corrected chi connectivity index (χ3v) is 5.73. The number of methoxy groups -OCH3 is 2. The van der Waals surface area contributed by atoms with Gasteiger partial charge < -0.3 is 19.5 Å². The van der Waals surface area contributed by atoms with Crippen LogP contribution in [0.5, 0.6) is 17.2 Å². The summed E-state index contributed by atoms with van der Waals surface area (Å²) in [5, 5.41) is 13.1. The average Bonchev–Trinajstić information content (AvgIpc) is 2.83. The fraction of sp³-hybridized carbons (Fsp3) is 0.120. The first kappa shape index (κ1) is 25.4. The molecule has 0 aliphatic carbocycles. The number of nitriles is 1. The van der Waals surface area contributed by atoms with Gasteiger partial charge in [-0.2, -0.15) is 5.26 Å². The molecule has 174 valence electrons. The van der Waals surface area contributed by atoms with E-state index in [9.17, 15) is 10.1 Å². The van der Waals surface area contributed by atoms with Crippen LogP contribution in [0.2, 0.25) is 10.0 Å². The van der Waals surface area contributed by atoms with E-state index in [-0.39, 0.29) is 5.57 Å². The Hall–Kier alpha value is -3.18. The first-order valence-electron chi connectivity index (χ1n) is 9.86. The van der Waals surface area contributed by atoms with Crippen LogP contribution in [0, 0.1) is 11.3 Å². The van der Waals surface area contributed by atoms with Crippen molar-refractivity contribution in [3.63, 3.8) is 0 Å². The van der Waals surface area contributed by atoms with E-state index >= 15 is 0 Å². The number of anilines is 1. The zero-order chi connectivity index (χ0) is 24.7. The number of halogens is 3. The van der Waals surface area contributed by atoms with Gasteiger partial charge in [-0.15, -0.1) is 0 Å². The third kappa shape index (κ3) is 6.45. The SMILES string of the molecule is COc1cc(NC(=O)/C(C#N)=C/c2cc(Cl)ccc2OCc2ccc(Br)cc2)c(OC)cc1Cl. The molecular formula is C25H19BrCl2N2O4. The Morgan fingerprint density at radius 1 is 1.03 bits per heavy atom. The molecule has 0 saturated carbocycles. The number of nitrogens with zero attached hydrogens (tertiary/aromatic N) is 1. The zero-order valence-electron chi connectivity index (χ0n) is 18.2. The van der Waals surface area contributed by atoms with Gasteiger partial charge in [-0.3, -0.25) is 4.79 Å². The first-order chi connectivity index (χ1) is 16.3. The number of benzene rings is 3. The smallest absolute Gasteiger partial charge is 0.266 e. The summed E-state index contributed by atoms with van der Waals surface area (Å²) in [6.45, 7) is 0.297. The molecule has 0 heterocycles. The predicted octanol–water partition coefficient (Wildman–Crippen LogP) is 6.90. The number of ether oxygens (including phenoxy) is 3. The molecule has 1 N–H and O–H groups in total. The van der Waals surface area contributed by atoms with Crippen molar-refractivity contribution in [1.82, 2.24) is 0 Å². The summed E-state index contributed by atoms with van der Waals surface area (Å²) >= 11 is 15.7. The van der Waals surface area contributed by atoms with Crippen molar-refractivity contribution in [2.75, 3.05) is 19.5 Å². The van der Waals surface area contributed by atoms with E-state index in [0.29, 0.717) is 45.2 Å². The summed E-state index contributed by atoms with van der Waals surface area (Å²) in [4.78, 5) is 12.9. The van der Waals surface area contributed by atoms with E-state index in [1.54, 1.807) is 18.2 Å². The van der Waals surface area contributed by atoms with Gasteiger partial charge in [0, 0.05) is 27.2 Å². The maximum Gasteiger partial charge on any atom is 0.266 e. The minimum Gasteiger partial charge on any atom is -0.495 e. The molecule has 1 amide bonds. The van der Waals surface area contributed by atoms with Gasteiger partial charge in [0.1, 0.15) is 35.5 Å². The molecule has 0 atom stereocenters. The molecule has 3 aromatic carbocycles. The molecule has 0 fully saturated rings. The second-order valence-corrected chi connectivity index (χ2v) is 8.67. The van der Waals surface area contributed by atoms with Crippen molar-refractivity contribution >= 4 is 56.8 Å². The number of carbonyl (C=O) groups excluding carboxylic acids is 1. The summed E-state index contributed by atoms with van der Waals surface area (Å²) in [6, 6.07) is 17.6. The number of hydrogen-bond acceptors (Lipinski definition) is 5. The number of nitrogens with one attached hydrogen (secondary N) is 1. The van der Waals surface area contributed by atoms with E-state index in [0.717, 1.165) is 10.0 Å². The van der Waals surface area contributed by atoms with Crippen LogP contribution in [0.1, 0.15) is 11.1 Å². The quantitative estimate of drug-likeness (QED) is 0.239. The normalized spacial score (nSPS) is 10.9. The van der Waals surface area contributed by atoms with Crippen molar-refractivity contribution in [1.29, 1.82) is 5.26 Å². The standard InChI is InChI=1S/C25H19BrCl2N2O4/c1-32-23-12-21(24(33-2)11-20(23)28)30-25(31)17(13-29)9-16-10-19(27)7-8-22(16)34-14-15-3-5-18(26)6-4-15/h3-12H,14H2,1-2H3,(H,30,31)/b17-9+. The fourth-order valence-corrected chi connectivity index (χ4v) is 3.63. The minimum atomic E-state index is -0.649. The lowest BCUT2D eigenvalue weighted by Gasteiger charge is -2.13. The van der Waals surface area contributed by atoms with Crippen molar-refractivity contribution < 1.29 is 19.0 Å². The highest BCUT2D eigenvalue weighted by atomic mass is 79.9. The Labute approximate surface area is 215 Å². The lowest BCUT2D eigenvalue weighted by molar-refractivity contribution is -0.112. The van der Waals surface area contributed by atoms with Gasteiger partial charge in [0.2, 0.25) is 0 Å². The monoisotopic (exact) mass is 560 g/mol. The molecular weight excluding hydrogens is 543 g/mol. The van der Waals surface area contributed by atoms with Gasteiger partial charge in [-0.05, 0) is 42.0 Å². The van der Waals surface area contributed by atoms with E-state index < -0.39 is 5.91 Å². The van der Waals surface area contributed by atoms with Gasteiger partial charge in [0.15, 0.2) is 0 Å². The summed E-state index contributed by atoms with van der Waals surface area (Å²) < 4.78 is 17.4. The molecule has 0 unspecified atom stereocenters. The number of amides is 1. The molecule has 0 aliphatic heterocycles. The Bertz CT molecular complexity index is 1270. The van der Waals surface area contributed by atoms with Crippen LogP contribution in [-0.2, 0) is 11.4 Å². The molecule has 0 bridgehead atoms. The van der Waals surface area contributed by atoms with Crippen LogP contribution in [0.3, 0.4) is 0 Å². The summed E-state index contributed by atoms with van der Waals surface area (Å²) in [5.74, 6) is 0.485. The highest BCUT2D eigenvalue weighted by molar-refractivity contribution is 9.10. The van der Waals surface area contributed by atoms with Crippen LogP contribution in [-0.4, -0.2) is 20.1 Å². The molecule has 0 aromatic heterocycles. The fourth-order valence-electron chi connectivity index (χ4n) is 2.96. The lowest BCUT2D eigenvalue weighted by Crippen LogP contribution is -2.14. The van der Waals surface area contributed by atoms with E-state index in [1.165, 1.54) is 32.4 Å². The van der Waals surface area contributed by atoms with Gasteiger partial charge in [0.05, 0.1) is 24.9 Å². The Kier molecular flexibility index (Phi) is 8.83. The van der Waals surface area contributed by atoms with Crippen molar-refractivity contribution in [2.45, 2.75) is 6.61 Å². The van der Waals surface area contributed by atoms with E-state index in [2.05, 4.69) is 21.2 Å². The van der Waals surface area contributed by atoms with E-state index in [1.807, 2.05) is 30.3 Å². The van der Waals surface area contributed by atoms with Crippen LogP contribution in [0.25, 0.3) is 6.08 Å². The molecule has 3 rings (SSSR count). The van der Waals surface area contributed by atoms with Gasteiger partial charge >= 0.3 is 0 Å². The van der Waals surface area contributed by atoms with Gasteiger partial charge in [-0.1, -0.05) is 51.3 Å². The molecule has 0 radical (unpaired) electrons. The van der Waals surface area contributed by atoms with Crippen LogP contribution >= 0.6 is 39.1 Å².